The molecule has 2 aromatic heterocycles. The largest absolute Gasteiger partial charge is 0.499 e. The molecule has 0 aliphatic heterocycles. The van der Waals surface area contributed by atoms with Crippen LogP contribution in [0.5, 0.6) is 5.06 Å². The highest BCUT2D eigenvalue weighted by Crippen LogP contribution is 2.38. The molecule has 5 heteroatoms. The summed E-state index contributed by atoms with van der Waals surface area (Å²) in [5.74, 6) is -0.0616. The highest BCUT2D eigenvalue weighted by atomic mass is 35.5. The Balaban J connectivity index is 2.04. The molecule has 1 N–H and O–H groups in total. The van der Waals surface area contributed by atoms with Crippen LogP contribution in [0, 0.1) is 0 Å². The summed E-state index contributed by atoms with van der Waals surface area (Å²) in [4.78, 5) is 13.3. The maximum absolute atomic E-state index is 12.3. The van der Waals surface area contributed by atoms with Crippen LogP contribution < -0.4 is 0 Å². The number of fused-ring (bicyclic) bond motifs is 1. The van der Waals surface area contributed by atoms with E-state index in [-0.39, 0.29) is 10.8 Å². The first kappa shape index (κ1) is 12.7. The molecule has 0 amide bonds. The fraction of sp³-hybridized carbons (Fsp3) is 0.0714. The van der Waals surface area contributed by atoms with Crippen molar-refractivity contribution in [3.8, 4) is 5.06 Å². The molecule has 19 heavy (non-hydrogen) atoms. The van der Waals surface area contributed by atoms with E-state index in [1.165, 1.54) is 11.3 Å². The first-order valence-electron chi connectivity index (χ1n) is 5.62. The molecule has 2 nitrogen and oxygen atoms in total. The molecule has 0 bridgehead atoms. The number of ketones is 1. The normalized spacial score (nSPS) is 11.0. The minimum absolute atomic E-state index is 0.0616. The number of halogens is 1. The second-order valence-electron chi connectivity index (χ2n) is 4.10. The predicted octanol–water partition coefficient (Wildman–Crippen LogP) is 4.75. The molecular formula is C14H9ClO2S2. The molecule has 96 valence electrons. The molecule has 3 rings (SSSR count). The minimum Gasteiger partial charge on any atom is -0.499 e. The lowest BCUT2D eigenvalue weighted by atomic mass is 10.1. The Morgan fingerprint density at radius 2 is 2.16 bits per heavy atom. The number of rotatable bonds is 3. The molecule has 0 atom stereocenters. The lowest BCUT2D eigenvalue weighted by molar-refractivity contribution is 0.0993. The monoisotopic (exact) mass is 308 g/mol. The Labute approximate surface area is 122 Å². The third-order valence-electron chi connectivity index (χ3n) is 2.83. The van der Waals surface area contributed by atoms with E-state index in [1.54, 1.807) is 29.5 Å². The van der Waals surface area contributed by atoms with Gasteiger partial charge in [0, 0.05) is 26.4 Å². The van der Waals surface area contributed by atoms with Gasteiger partial charge in [-0.1, -0.05) is 35.1 Å². The van der Waals surface area contributed by atoms with Crippen molar-refractivity contribution in [1.82, 2.24) is 0 Å². The molecular weight excluding hydrogens is 300 g/mol. The van der Waals surface area contributed by atoms with Crippen LogP contribution in [0.4, 0.5) is 0 Å². The summed E-state index contributed by atoms with van der Waals surface area (Å²) in [6, 6.07) is 9.13. The van der Waals surface area contributed by atoms with Gasteiger partial charge >= 0.3 is 0 Å². The Morgan fingerprint density at radius 3 is 2.89 bits per heavy atom. The summed E-state index contributed by atoms with van der Waals surface area (Å²) in [5.41, 5.74) is 0.407. The number of carbonyl (C=O) groups excluding carboxylic acids is 1. The van der Waals surface area contributed by atoms with Crippen LogP contribution in [0.15, 0.2) is 35.7 Å². The van der Waals surface area contributed by atoms with Crippen molar-refractivity contribution < 1.29 is 9.90 Å². The number of Topliss-reactive ketones (excluding diaryl/α,β-unsaturated/α-hetero) is 1. The third-order valence-corrected chi connectivity index (χ3v) is 4.89. The SMILES string of the molecule is O=C(Cc1cccs1)c1c(O)sc2cc(Cl)ccc12. The third kappa shape index (κ3) is 2.39. The quantitative estimate of drug-likeness (QED) is 0.709. The summed E-state index contributed by atoms with van der Waals surface area (Å²) in [7, 11) is 0. The summed E-state index contributed by atoms with van der Waals surface area (Å²) < 4.78 is 0.833. The zero-order valence-corrected chi connectivity index (χ0v) is 12.1. The van der Waals surface area contributed by atoms with Crippen molar-refractivity contribution in [3.05, 3.63) is 51.2 Å². The van der Waals surface area contributed by atoms with Gasteiger partial charge < -0.3 is 5.11 Å². The molecule has 1 aromatic carbocycles. The number of aromatic hydroxyl groups is 1. The van der Waals surface area contributed by atoms with Crippen LogP contribution in [-0.4, -0.2) is 10.9 Å². The number of benzene rings is 1. The van der Waals surface area contributed by atoms with Crippen molar-refractivity contribution in [2.75, 3.05) is 0 Å². The molecule has 0 aliphatic rings. The topological polar surface area (TPSA) is 37.3 Å². The van der Waals surface area contributed by atoms with Crippen molar-refractivity contribution in [1.29, 1.82) is 0 Å². The molecule has 0 spiro atoms. The van der Waals surface area contributed by atoms with E-state index < -0.39 is 0 Å². The maximum atomic E-state index is 12.3. The molecule has 3 aromatic rings. The Hall–Kier alpha value is -1.36. The number of thiophene rings is 2. The predicted molar refractivity (Wildman–Crippen MR) is 80.9 cm³/mol. The number of hydrogen-bond acceptors (Lipinski definition) is 4. The zero-order valence-electron chi connectivity index (χ0n) is 9.72. The minimum atomic E-state index is -0.0616. The summed E-state index contributed by atoms with van der Waals surface area (Å²) in [6.45, 7) is 0. The van der Waals surface area contributed by atoms with Gasteiger partial charge in [-0.3, -0.25) is 4.79 Å². The van der Waals surface area contributed by atoms with Gasteiger partial charge in [-0.25, -0.2) is 0 Å². The first-order valence-corrected chi connectivity index (χ1v) is 7.69. The van der Waals surface area contributed by atoms with Gasteiger partial charge in [-0.05, 0) is 23.6 Å². The Kier molecular flexibility index (Phi) is 3.31. The molecule has 0 radical (unpaired) electrons. The molecule has 0 fully saturated rings. The number of hydrogen-bond donors (Lipinski definition) is 1. The molecule has 0 saturated carbocycles. The molecule has 0 unspecified atom stereocenters. The highest BCUT2D eigenvalue weighted by Gasteiger charge is 2.19. The average molecular weight is 309 g/mol. The first-order chi connectivity index (χ1) is 9.15. The Morgan fingerprint density at radius 1 is 1.32 bits per heavy atom. The molecule has 0 saturated heterocycles. The van der Waals surface area contributed by atoms with Crippen LogP contribution >= 0.6 is 34.3 Å². The van der Waals surface area contributed by atoms with E-state index in [0.29, 0.717) is 17.0 Å². The van der Waals surface area contributed by atoms with E-state index in [1.807, 2.05) is 17.5 Å². The van der Waals surface area contributed by atoms with Gasteiger partial charge in [0.25, 0.3) is 0 Å². The number of carbonyl (C=O) groups is 1. The lowest BCUT2D eigenvalue weighted by Gasteiger charge is -1.99. The second-order valence-corrected chi connectivity index (χ2v) is 6.60. The van der Waals surface area contributed by atoms with Crippen LogP contribution in [-0.2, 0) is 6.42 Å². The van der Waals surface area contributed by atoms with Gasteiger partial charge in [0.05, 0.1) is 5.56 Å². The second kappa shape index (κ2) is 4.96. The lowest BCUT2D eigenvalue weighted by Crippen LogP contribution is -2.01. The maximum Gasteiger partial charge on any atom is 0.183 e. The van der Waals surface area contributed by atoms with Crippen LogP contribution in [0.3, 0.4) is 0 Å². The summed E-state index contributed by atoms with van der Waals surface area (Å²) >= 11 is 8.65. The van der Waals surface area contributed by atoms with Crippen molar-refractivity contribution >= 4 is 50.1 Å². The summed E-state index contributed by atoms with van der Waals surface area (Å²) in [6.07, 6.45) is 0.319. The molecule has 0 aliphatic carbocycles. The van der Waals surface area contributed by atoms with E-state index in [4.69, 9.17) is 11.6 Å². The van der Waals surface area contributed by atoms with Crippen LogP contribution in [0.2, 0.25) is 5.02 Å². The fourth-order valence-corrected chi connectivity index (χ4v) is 3.93. The highest BCUT2D eigenvalue weighted by molar-refractivity contribution is 7.21. The average Bonchev–Trinajstić information content (AvgIpc) is 2.95. The van der Waals surface area contributed by atoms with E-state index in [2.05, 4.69) is 0 Å². The van der Waals surface area contributed by atoms with Gasteiger partial charge in [0.1, 0.15) is 0 Å². The van der Waals surface area contributed by atoms with Gasteiger partial charge in [-0.2, -0.15) is 0 Å². The van der Waals surface area contributed by atoms with E-state index in [0.717, 1.165) is 15.0 Å². The van der Waals surface area contributed by atoms with Gasteiger partial charge in [0.2, 0.25) is 0 Å². The van der Waals surface area contributed by atoms with Crippen LogP contribution in [0.1, 0.15) is 15.2 Å². The van der Waals surface area contributed by atoms with E-state index in [9.17, 15) is 9.90 Å². The Bertz CT molecular complexity index is 744. The van der Waals surface area contributed by atoms with Gasteiger partial charge in [-0.15, -0.1) is 11.3 Å². The van der Waals surface area contributed by atoms with Crippen molar-refractivity contribution in [3.63, 3.8) is 0 Å². The standard InChI is InChI=1S/C14H9ClO2S2/c15-8-3-4-10-12(6-8)19-14(17)13(10)11(16)7-9-2-1-5-18-9/h1-6,17H,7H2. The summed E-state index contributed by atoms with van der Waals surface area (Å²) in [5, 5.41) is 13.4. The molecule has 2 heterocycles. The van der Waals surface area contributed by atoms with Gasteiger partial charge in [0.15, 0.2) is 10.8 Å². The van der Waals surface area contributed by atoms with Crippen molar-refractivity contribution in [2.45, 2.75) is 6.42 Å². The fourth-order valence-electron chi connectivity index (χ4n) is 1.99. The smallest absolute Gasteiger partial charge is 0.183 e. The van der Waals surface area contributed by atoms with Crippen LogP contribution in [0.25, 0.3) is 10.1 Å². The zero-order chi connectivity index (χ0) is 13.4. The van der Waals surface area contributed by atoms with E-state index >= 15 is 0 Å². The van der Waals surface area contributed by atoms with Crippen molar-refractivity contribution in [2.24, 2.45) is 0 Å².